The van der Waals surface area contributed by atoms with Gasteiger partial charge < -0.3 is 15.7 Å². The summed E-state index contributed by atoms with van der Waals surface area (Å²) in [4.78, 5) is 21.9. The first-order valence-corrected chi connectivity index (χ1v) is 4.65. The van der Waals surface area contributed by atoms with Gasteiger partial charge in [-0.2, -0.15) is 0 Å². The summed E-state index contributed by atoms with van der Waals surface area (Å²) in [7, 11) is 0. The number of hydrogen-bond acceptors (Lipinski definition) is 3. The van der Waals surface area contributed by atoms with Crippen LogP contribution in [0.25, 0.3) is 0 Å². The van der Waals surface area contributed by atoms with Crippen molar-refractivity contribution in [2.75, 3.05) is 13.1 Å². The largest absolute Gasteiger partial charge is 0.478 e. The number of rotatable bonds is 2. The molecule has 0 aromatic rings. The highest BCUT2D eigenvalue weighted by atomic mass is 16.4. The average molecular weight is 196 g/mol. The summed E-state index contributed by atoms with van der Waals surface area (Å²) in [5, 5.41) is 14.7. The first-order chi connectivity index (χ1) is 6.68. The summed E-state index contributed by atoms with van der Waals surface area (Å²) < 4.78 is 0. The van der Waals surface area contributed by atoms with E-state index in [4.69, 9.17) is 5.11 Å². The number of carboxylic acids is 1. The molecule has 1 saturated heterocycles. The van der Waals surface area contributed by atoms with Crippen molar-refractivity contribution in [3.63, 3.8) is 0 Å². The van der Waals surface area contributed by atoms with Crippen LogP contribution in [0.2, 0.25) is 0 Å². The second kappa shape index (κ2) is 3.42. The Morgan fingerprint density at radius 2 is 2.29 bits per heavy atom. The van der Waals surface area contributed by atoms with E-state index in [2.05, 4.69) is 10.6 Å². The van der Waals surface area contributed by atoms with Crippen LogP contribution in [-0.2, 0) is 9.59 Å². The molecule has 1 unspecified atom stereocenters. The van der Waals surface area contributed by atoms with Crippen molar-refractivity contribution in [3.05, 3.63) is 11.3 Å². The van der Waals surface area contributed by atoms with Crippen LogP contribution in [0.15, 0.2) is 11.3 Å². The second-order valence-corrected chi connectivity index (χ2v) is 3.61. The van der Waals surface area contributed by atoms with E-state index in [0.717, 1.165) is 19.5 Å². The van der Waals surface area contributed by atoms with Crippen LogP contribution in [-0.4, -0.2) is 30.1 Å². The summed E-state index contributed by atoms with van der Waals surface area (Å²) >= 11 is 0. The zero-order valence-electron chi connectivity index (χ0n) is 7.67. The molecule has 0 saturated carbocycles. The van der Waals surface area contributed by atoms with Gasteiger partial charge in [-0.25, -0.2) is 4.79 Å². The molecule has 0 bridgehead atoms. The number of carbonyl (C=O) groups is 2. The SMILES string of the molecule is O=C1CC(C(=O)O)=C(C2CCNC2)N1. The van der Waals surface area contributed by atoms with Gasteiger partial charge in [-0.05, 0) is 13.0 Å². The van der Waals surface area contributed by atoms with Crippen LogP contribution < -0.4 is 10.6 Å². The monoisotopic (exact) mass is 196 g/mol. The molecule has 5 nitrogen and oxygen atoms in total. The topological polar surface area (TPSA) is 78.4 Å². The molecule has 0 aromatic carbocycles. The highest BCUT2D eigenvalue weighted by Crippen LogP contribution is 2.25. The van der Waals surface area contributed by atoms with Crippen molar-refractivity contribution in [2.24, 2.45) is 5.92 Å². The molecule has 2 aliphatic heterocycles. The summed E-state index contributed by atoms with van der Waals surface area (Å²) in [5.41, 5.74) is 0.858. The first-order valence-electron chi connectivity index (χ1n) is 4.65. The molecule has 0 spiro atoms. The highest BCUT2D eigenvalue weighted by molar-refractivity contribution is 5.99. The fourth-order valence-corrected chi connectivity index (χ4v) is 1.97. The molecular weight excluding hydrogens is 184 g/mol. The summed E-state index contributed by atoms with van der Waals surface area (Å²) in [6.07, 6.45) is 0.910. The smallest absolute Gasteiger partial charge is 0.333 e. The van der Waals surface area contributed by atoms with Gasteiger partial charge in [0.05, 0.1) is 12.0 Å². The van der Waals surface area contributed by atoms with Gasteiger partial charge in [-0.15, -0.1) is 0 Å². The van der Waals surface area contributed by atoms with Crippen LogP contribution in [0.1, 0.15) is 12.8 Å². The van der Waals surface area contributed by atoms with Gasteiger partial charge in [0.25, 0.3) is 0 Å². The normalized spacial score (nSPS) is 26.9. The molecule has 0 aliphatic carbocycles. The minimum Gasteiger partial charge on any atom is -0.478 e. The van der Waals surface area contributed by atoms with Crippen molar-refractivity contribution < 1.29 is 14.7 Å². The van der Waals surface area contributed by atoms with Crippen LogP contribution >= 0.6 is 0 Å². The second-order valence-electron chi connectivity index (χ2n) is 3.61. The molecule has 76 valence electrons. The lowest BCUT2D eigenvalue weighted by molar-refractivity contribution is -0.133. The molecule has 1 atom stereocenters. The fraction of sp³-hybridized carbons (Fsp3) is 0.556. The summed E-state index contributed by atoms with van der Waals surface area (Å²) in [6.45, 7) is 1.64. The molecule has 14 heavy (non-hydrogen) atoms. The Balaban J connectivity index is 2.24. The third-order valence-electron chi connectivity index (χ3n) is 2.66. The Hall–Kier alpha value is -1.36. The van der Waals surface area contributed by atoms with E-state index >= 15 is 0 Å². The van der Waals surface area contributed by atoms with E-state index in [0.29, 0.717) is 5.70 Å². The number of nitrogens with one attached hydrogen (secondary N) is 2. The predicted molar refractivity (Wildman–Crippen MR) is 48.4 cm³/mol. The Bertz CT molecular complexity index is 316. The van der Waals surface area contributed by atoms with Gasteiger partial charge in [-0.3, -0.25) is 4.79 Å². The van der Waals surface area contributed by atoms with E-state index in [1.807, 2.05) is 0 Å². The molecule has 0 aromatic heterocycles. The van der Waals surface area contributed by atoms with E-state index in [9.17, 15) is 9.59 Å². The van der Waals surface area contributed by atoms with Gasteiger partial charge in [0, 0.05) is 18.2 Å². The number of carbonyl (C=O) groups excluding carboxylic acids is 1. The lowest BCUT2D eigenvalue weighted by Gasteiger charge is -2.10. The standard InChI is InChI=1S/C9H12N2O3/c12-7-3-6(9(13)14)8(11-7)5-1-2-10-4-5/h5,10H,1-4H2,(H,11,12)(H,13,14). The molecule has 1 amide bonds. The third-order valence-corrected chi connectivity index (χ3v) is 2.66. The van der Waals surface area contributed by atoms with E-state index in [1.165, 1.54) is 0 Å². The minimum absolute atomic E-state index is 0.0150. The van der Waals surface area contributed by atoms with Crippen LogP contribution in [0.3, 0.4) is 0 Å². The van der Waals surface area contributed by atoms with Crippen molar-refractivity contribution in [1.29, 1.82) is 0 Å². The van der Waals surface area contributed by atoms with Crippen molar-refractivity contribution >= 4 is 11.9 Å². The average Bonchev–Trinajstić information content (AvgIpc) is 2.70. The maximum Gasteiger partial charge on any atom is 0.333 e. The van der Waals surface area contributed by atoms with Crippen LogP contribution in [0.5, 0.6) is 0 Å². The predicted octanol–water partition coefficient (Wildman–Crippen LogP) is -0.545. The molecule has 2 aliphatic rings. The third kappa shape index (κ3) is 1.50. The molecule has 5 heteroatoms. The number of hydrogen-bond donors (Lipinski definition) is 3. The maximum atomic E-state index is 11.1. The first kappa shape index (κ1) is 9.21. The van der Waals surface area contributed by atoms with Gasteiger partial charge in [0.15, 0.2) is 0 Å². The zero-order valence-corrected chi connectivity index (χ0v) is 7.67. The fourth-order valence-electron chi connectivity index (χ4n) is 1.97. The molecule has 0 radical (unpaired) electrons. The minimum atomic E-state index is -0.981. The molecule has 1 fully saturated rings. The van der Waals surface area contributed by atoms with Crippen molar-refractivity contribution in [1.82, 2.24) is 10.6 Å². The Labute approximate surface area is 81.2 Å². The van der Waals surface area contributed by atoms with Crippen molar-refractivity contribution in [3.8, 4) is 0 Å². The Morgan fingerprint density at radius 3 is 2.86 bits per heavy atom. The Morgan fingerprint density at radius 1 is 1.50 bits per heavy atom. The van der Waals surface area contributed by atoms with E-state index in [1.54, 1.807) is 0 Å². The molecular formula is C9H12N2O3. The molecule has 2 rings (SSSR count). The molecule has 2 heterocycles. The van der Waals surface area contributed by atoms with E-state index in [-0.39, 0.29) is 23.8 Å². The van der Waals surface area contributed by atoms with E-state index < -0.39 is 5.97 Å². The van der Waals surface area contributed by atoms with Gasteiger partial charge >= 0.3 is 5.97 Å². The maximum absolute atomic E-state index is 11.1. The van der Waals surface area contributed by atoms with Crippen molar-refractivity contribution in [2.45, 2.75) is 12.8 Å². The quantitative estimate of drug-likeness (QED) is 0.554. The lowest BCUT2D eigenvalue weighted by Crippen LogP contribution is -2.22. The van der Waals surface area contributed by atoms with Gasteiger partial charge in [0.2, 0.25) is 5.91 Å². The van der Waals surface area contributed by atoms with Gasteiger partial charge in [-0.1, -0.05) is 0 Å². The lowest BCUT2D eigenvalue weighted by atomic mass is 10.0. The number of amides is 1. The highest BCUT2D eigenvalue weighted by Gasteiger charge is 2.32. The number of carboxylic acid groups (broad SMARTS) is 1. The van der Waals surface area contributed by atoms with Gasteiger partial charge in [0.1, 0.15) is 0 Å². The van der Waals surface area contributed by atoms with Crippen LogP contribution in [0.4, 0.5) is 0 Å². The summed E-state index contributed by atoms with van der Waals surface area (Å²) in [6, 6.07) is 0. The molecule has 3 N–H and O–H groups in total. The Kier molecular flexibility index (Phi) is 2.25. The summed E-state index contributed by atoms with van der Waals surface area (Å²) in [5.74, 6) is -1.03. The number of aliphatic carboxylic acids is 1. The zero-order chi connectivity index (χ0) is 10.1. The van der Waals surface area contributed by atoms with Crippen LogP contribution in [0, 0.1) is 5.92 Å².